The number of carboxylic acid groups (broad SMARTS) is 1. The van der Waals surface area contributed by atoms with E-state index in [9.17, 15) is 45.5 Å². The van der Waals surface area contributed by atoms with E-state index in [2.05, 4.69) is 137 Å². The number of amides is 1. The predicted molar refractivity (Wildman–Crippen MR) is 497 cm³/mol. The van der Waals surface area contributed by atoms with Gasteiger partial charge in [-0.2, -0.15) is 44.0 Å². The summed E-state index contributed by atoms with van der Waals surface area (Å²) >= 11 is 5.37. The minimum absolute atomic E-state index is 0. The number of nitrogens with one attached hydrogen (secondary N) is 1. The van der Waals surface area contributed by atoms with Gasteiger partial charge in [0.2, 0.25) is 0 Å². The summed E-state index contributed by atoms with van der Waals surface area (Å²) in [5.41, 5.74) is 13.8. The van der Waals surface area contributed by atoms with E-state index in [1.807, 2.05) is 58.0 Å². The molecule has 4 aliphatic heterocycles. The molecule has 5 aromatic carbocycles. The molecule has 0 saturated carbocycles. The number of aliphatic hydroxyl groups is 1. The molecule has 0 radical (unpaired) electrons. The van der Waals surface area contributed by atoms with Crippen LogP contribution in [0.1, 0.15) is 218 Å². The molecule has 1 amide bonds. The number of pyridine rings is 1. The zero-order chi connectivity index (χ0) is 95.1. The molecule has 702 valence electrons. The van der Waals surface area contributed by atoms with E-state index in [0.717, 1.165) is 170 Å². The number of Topliss-reactive ketones (excluding diaryl/α,β-unsaturated/α-hetero) is 1. The number of carbonyl (C=O) groups is 4. The van der Waals surface area contributed by atoms with E-state index < -0.39 is 29.6 Å². The minimum atomic E-state index is -4.53. The molecular weight excluding hydrogens is 1800 g/mol. The van der Waals surface area contributed by atoms with E-state index in [-0.39, 0.29) is 69.9 Å². The molecule has 23 nitrogen and oxygen atoms in total. The molecule has 14 rings (SSSR count). The number of ketones is 1. The number of aldehydes is 1. The Bertz CT molecular complexity index is 5230. The van der Waals surface area contributed by atoms with Crippen LogP contribution in [-0.2, 0) is 30.0 Å². The van der Waals surface area contributed by atoms with E-state index in [4.69, 9.17) is 47.2 Å². The van der Waals surface area contributed by atoms with Crippen LogP contribution < -0.4 is 41.2 Å². The second kappa shape index (κ2) is 60.3. The standard InChI is InChI=1S/C25H29F3N2O2.C17H20N2O2.C17H26N2O.C9H11O.C8H10N2O.C8H8N2O.C7H4F3NO2.C5H8.C4H3ClN2.BrH.Mg/c1-16-17(2)23(32-3)12-11-21(16)22-6-4-5-20-15-29(13-14-30(20)22)24(31)18-7-9-19(10-8-18)25(26,27)28;1-12-13(2)17(21-3)8-7-15(12)16(20)6-4-5-14-11-18-9-10-19-14;1-12-13(2)17(20-3)8-7-15(12)16-6-4-5-14-11-18-9-10-19(14)16;1-7-5-4-6-9(10-3)8(7)2;2*11-6-2-1-3-8-7-9-4-5-10-8;8-7(9,10)5-2-1-4(3-11-5)6(12)13;1-3-5-4-2;5-4-3-6-1-2-7-4;;/h7-12,20,22H,4-6,13-15H2,1-3H3;7-11H,4-6H2,1-3H3;7-8,14,16,18H,4-6,9-11H2,1-3H3;4,6H,1-3H3;4-7H,1-3H2;4-5,7,11H,2,6H2;1-3H,(H,12,13);1H,4-5H2,2H3;1-3H;1H;/q;;;-1;;;;;;;+2/p-1/t20-,22+;;14-,16+;;;;;;;;/m0.0......../s1. The molecule has 4 fully saturated rings. The fourth-order valence-corrected chi connectivity index (χ4v) is 14.9. The minimum Gasteiger partial charge on any atom is -1.00 e. The largest absolute Gasteiger partial charge is 2.00 e. The number of piperazine rings is 2. The quantitative estimate of drug-likeness (QED) is 0.0129. The van der Waals surface area contributed by atoms with Crippen LogP contribution >= 0.6 is 11.6 Å². The third-order valence-corrected chi connectivity index (χ3v) is 22.4. The smallest absolute Gasteiger partial charge is 1.00 e. The average Bonchev–Trinajstić information content (AvgIpc) is 0.773. The van der Waals surface area contributed by atoms with Crippen molar-refractivity contribution in [3.8, 4) is 47.2 Å². The fourth-order valence-electron chi connectivity index (χ4n) is 14.8. The molecule has 132 heavy (non-hydrogen) atoms. The Balaban J connectivity index is 0.000000325. The number of hydrogen-bond acceptors (Lipinski definition) is 21. The number of hydrogen-bond donors (Lipinski definition) is 3. The maximum Gasteiger partial charge on any atom is 2.00 e. The number of methoxy groups -OCH3 is 4. The van der Waals surface area contributed by atoms with Gasteiger partial charge in [-0.3, -0.25) is 54.3 Å². The number of rotatable bonds is 19. The van der Waals surface area contributed by atoms with Crippen molar-refractivity contribution >= 4 is 58.6 Å². The summed E-state index contributed by atoms with van der Waals surface area (Å²) in [7, 11) is 6.77. The van der Waals surface area contributed by atoms with Gasteiger partial charge in [0.05, 0.1) is 70.0 Å². The average molecular weight is 1920 g/mol. The Morgan fingerprint density at radius 3 is 1.56 bits per heavy atom. The molecular formula is C100H119BrClF6MgN13O10. The van der Waals surface area contributed by atoms with E-state index in [1.165, 1.54) is 77.5 Å². The van der Waals surface area contributed by atoms with Crippen molar-refractivity contribution in [1.29, 1.82) is 0 Å². The number of fused-ring (bicyclic) bond motifs is 2. The normalized spacial score (nSPS) is 15.1. The molecule has 32 heteroatoms. The predicted octanol–water partition coefficient (Wildman–Crippen LogP) is 15.8. The number of nitrogens with zero attached hydrogens (tertiary/aromatic N) is 12. The summed E-state index contributed by atoms with van der Waals surface area (Å²) < 4.78 is 95.5. The summed E-state index contributed by atoms with van der Waals surface area (Å²) in [5, 5.41) is 20.7. The number of alkyl halides is 6. The Morgan fingerprint density at radius 2 is 1.11 bits per heavy atom. The number of terminal acetylenes is 1. The fraction of sp³-hybridized carbons (Fsp3) is 0.410. The SMILES string of the molecule is C#CCCC.COc1cc[c-]c(C)c1C.COc1ccc(C(=O)CCCc2cnccn2)c(C)c1C.COc1ccc([C@H]2CCC[C@H]3CN(C(=O)c4ccc(C(F)(F)F)cc4)CCN32)c(C)c1C.COc1ccc([C@H]2CCC[C@H]3CNCCN32)c(C)c1C.Clc1cnccn1.O=C(O)c1ccc(C(F)(F)F)nc1.O=CCCCc1cnccn1.OCCC#Cc1cnccn1.[Br-].[Mg+2]. The number of aromatic nitrogens is 9. The van der Waals surface area contributed by atoms with Crippen LogP contribution in [0.4, 0.5) is 26.3 Å². The number of ether oxygens (including phenoxy) is 4. The van der Waals surface area contributed by atoms with Gasteiger partial charge < -0.3 is 61.2 Å². The number of carbonyl (C=O) groups excluding carboxylic acids is 3. The number of unbranched alkanes of at least 4 members (excludes halogenated alkanes) is 2. The number of aromatic carboxylic acids is 1. The second-order valence-corrected chi connectivity index (χ2v) is 31.0. The van der Waals surface area contributed by atoms with Crippen molar-refractivity contribution in [2.75, 3.05) is 74.3 Å². The second-order valence-electron chi connectivity index (χ2n) is 30.6. The molecule has 4 aliphatic rings. The van der Waals surface area contributed by atoms with E-state index in [0.29, 0.717) is 73.1 Å². The molecule has 0 bridgehead atoms. The first-order valence-electron chi connectivity index (χ1n) is 43.0. The van der Waals surface area contributed by atoms with Crippen LogP contribution in [0.5, 0.6) is 23.0 Å². The topological polar surface area (TPSA) is 283 Å². The Labute approximate surface area is 803 Å². The molecule has 5 aromatic heterocycles. The van der Waals surface area contributed by atoms with Gasteiger partial charge in [0.1, 0.15) is 40.1 Å². The summed E-state index contributed by atoms with van der Waals surface area (Å²) in [6, 6.07) is 27.1. The van der Waals surface area contributed by atoms with Crippen molar-refractivity contribution in [2.45, 2.75) is 195 Å². The molecule has 4 saturated heterocycles. The third kappa shape index (κ3) is 36.9. The first-order chi connectivity index (χ1) is 62.4. The van der Waals surface area contributed by atoms with Crippen molar-refractivity contribution in [2.24, 2.45) is 0 Å². The monoisotopic (exact) mass is 1910 g/mol. The number of aliphatic hydroxyl groups excluding tert-OH is 1. The molecule has 0 aliphatic carbocycles. The number of halogens is 8. The number of piperidine rings is 2. The molecule has 10 aromatic rings. The van der Waals surface area contributed by atoms with E-state index in [1.54, 1.807) is 102 Å². The van der Waals surface area contributed by atoms with Crippen molar-refractivity contribution < 1.29 is 91.7 Å². The zero-order valence-corrected chi connectivity index (χ0v) is 81.1. The van der Waals surface area contributed by atoms with Crippen LogP contribution in [0.2, 0.25) is 5.15 Å². The number of benzene rings is 5. The van der Waals surface area contributed by atoms with Gasteiger partial charge in [0, 0.05) is 174 Å². The number of carboxylic acids is 1. The van der Waals surface area contributed by atoms with Gasteiger partial charge in [0.25, 0.3) is 5.91 Å². The summed E-state index contributed by atoms with van der Waals surface area (Å²) in [4.78, 5) is 86.9. The molecule has 0 spiro atoms. The maximum atomic E-state index is 13.0. The summed E-state index contributed by atoms with van der Waals surface area (Å²) in [6.07, 6.45) is 31.1. The summed E-state index contributed by atoms with van der Waals surface area (Å²) in [5.74, 6) is 10.4. The first-order valence-corrected chi connectivity index (χ1v) is 43.3. The maximum absolute atomic E-state index is 13.0. The van der Waals surface area contributed by atoms with Crippen LogP contribution in [0.25, 0.3) is 0 Å². The van der Waals surface area contributed by atoms with Crippen LogP contribution in [0.15, 0.2) is 165 Å². The van der Waals surface area contributed by atoms with Crippen molar-refractivity contribution in [3.05, 3.63) is 277 Å². The van der Waals surface area contributed by atoms with Crippen molar-refractivity contribution in [3.63, 3.8) is 0 Å². The van der Waals surface area contributed by atoms with Crippen LogP contribution in [-0.4, -0.2) is 203 Å². The molecule has 4 atom stereocenters. The van der Waals surface area contributed by atoms with E-state index >= 15 is 0 Å². The molecule has 3 N–H and O–H groups in total. The van der Waals surface area contributed by atoms with Gasteiger partial charge in [-0.1, -0.05) is 50.4 Å². The number of aryl methyl sites for hydroxylation is 3. The van der Waals surface area contributed by atoms with Gasteiger partial charge in [-0.25, -0.2) is 14.8 Å². The molecule has 0 unspecified atom stereocenters. The van der Waals surface area contributed by atoms with Crippen LogP contribution in [0, 0.1) is 85.6 Å². The third-order valence-electron chi connectivity index (χ3n) is 22.2. The zero-order valence-electron chi connectivity index (χ0n) is 77.4. The van der Waals surface area contributed by atoms with Gasteiger partial charge >= 0.3 is 41.4 Å². The Kier molecular flexibility index (Phi) is 51.8. The van der Waals surface area contributed by atoms with Gasteiger partial charge in [-0.05, 0) is 223 Å². The molecule has 9 heterocycles. The summed E-state index contributed by atoms with van der Waals surface area (Å²) in [6.45, 7) is 24.2. The van der Waals surface area contributed by atoms with Gasteiger partial charge in [0.15, 0.2) is 5.78 Å². The van der Waals surface area contributed by atoms with Crippen molar-refractivity contribution in [1.82, 2.24) is 64.9 Å². The Morgan fingerprint density at radius 1 is 0.583 bits per heavy atom. The first kappa shape index (κ1) is 113. The van der Waals surface area contributed by atoms with Gasteiger partial charge in [-0.15, -0.1) is 24.0 Å². The Hall–Kier alpha value is -10.9. The van der Waals surface area contributed by atoms with Crippen LogP contribution in [0.3, 0.4) is 0 Å².